The van der Waals surface area contributed by atoms with E-state index < -0.39 is 0 Å². The fourth-order valence-corrected chi connectivity index (χ4v) is 2.29. The van der Waals surface area contributed by atoms with Crippen LogP contribution in [0.4, 0.5) is 0 Å². The van der Waals surface area contributed by atoms with Crippen molar-refractivity contribution in [3.8, 4) is 0 Å². The summed E-state index contributed by atoms with van der Waals surface area (Å²) in [5.74, 6) is 0.997. The van der Waals surface area contributed by atoms with Crippen LogP contribution in [0.2, 0.25) is 0 Å². The summed E-state index contributed by atoms with van der Waals surface area (Å²) >= 11 is 0. The van der Waals surface area contributed by atoms with Gasteiger partial charge in [-0.1, -0.05) is 36.8 Å². The zero-order valence-electron chi connectivity index (χ0n) is 10.6. The first-order valence-corrected chi connectivity index (χ1v) is 6.56. The van der Waals surface area contributed by atoms with E-state index in [2.05, 4.69) is 43.0 Å². The predicted molar refractivity (Wildman–Crippen MR) is 69.5 cm³/mol. The topological polar surface area (TPSA) is 3.24 Å². The Balaban J connectivity index is 1.92. The van der Waals surface area contributed by atoms with Gasteiger partial charge in [0.05, 0.1) is 0 Å². The molecule has 2 rings (SSSR count). The highest BCUT2D eigenvalue weighted by molar-refractivity contribution is 5.22. The van der Waals surface area contributed by atoms with Gasteiger partial charge in [-0.15, -0.1) is 0 Å². The molecule has 1 fully saturated rings. The first-order chi connectivity index (χ1) is 7.78. The molecular formula is C15H23N. The molecule has 0 aromatic heterocycles. The Morgan fingerprint density at radius 2 is 2.12 bits per heavy atom. The highest BCUT2D eigenvalue weighted by Crippen LogP contribution is 2.30. The van der Waals surface area contributed by atoms with Crippen LogP contribution >= 0.6 is 0 Å². The fraction of sp³-hybridized carbons (Fsp3) is 0.600. The normalized spacial score (nSPS) is 15.7. The number of rotatable bonds is 6. The van der Waals surface area contributed by atoms with E-state index in [-0.39, 0.29) is 0 Å². The Hall–Kier alpha value is -0.820. The van der Waals surface area contributed by atoms with Crippen LogP contribution < -0.4 is 0 Å². The molecule has 0 heterocycles. The van der Waals surface area contributed by atoms with Crippen LogP contribution in [0.25, 0.3) is 0 Å². The molecule has 0 radical (unpaired) electrons. The van der Waals surface area contributed by atoms with E-state index in [4.69, 9.17) is 0 Å². The van der Waals surface area contributed by atoms with Gasteiger partial charge in [0.2, 0.25) is 0 Å². The predicted octanol–water partition coefficient (Wildman–Crippen LogP) is 3.62. The highest BCUT2D eigenvalue weighted by atomic mass is 15.1. The van der Waals surface area contributed by atoms with Gasteiger partial charge in [0, 0.05) is 13.1 Å². The SMILES string of the molecule is CCCN(Cc1cccc(C)c1)CC1CC1. The Kier molecular flexibility index (Phi) is 4.00. The molecule has 0 bridgehead atoms. The molecule has 1 aromatic rings. The van der Waals surface area contributed by atoms with Crippen molar-refractivity contribution in [1.82, 2.24) is 4.90 Å². The molecule has 0 amide bonds. The highest BCUT2D eigenvalue weighted by Gasteiger charge is 2.23. The van der Waals surface area contributed by atoms with Crippen molar-refractivity contribution in [2.75, 3.05) is 13.1 Å². The van der Waals surface area contributed by atoms with Crippen LogP contribution in [0.1, 0.15) is 37.3 Å². The van der Waals surface area contributed by atoms with Gasteiger partial charge in [0.1, 0.15) is 0 Å². The zero-order chi connectivity index (χ0) is 11.4. The first-order valence-electron chi connectivity index (χ1n) is 6.56. The van der Waals surface area contributed by atoms with Crippen molar-refractivity contribution in [2.45, 2.75) is 39.7 Å². The fourth-order valence-electron chi connectivity index (χ4n) is 2.29. The van der Waals surface area contributed by atoms with Gasteiger partial charge in [-0.05, 0) is 44.2 Å². The number of benzene rings is 1. The summed E-state index contributed by atoms with van der Waals surface area (Å²) in [6.07, 6.45) is 4.17. The maximum Gasteiger partial charge on any atom is 0.0233 e. The summed E-state index contributed by atoms with van der Waals surface area (Å²) < 4.78 is 0. The second kappa shape index (κ2) is 5.49. The number of nitrogens with zero attached hydrogens (tertiary/aromatic N) is 1. The van der Waals surface area contributed by atoms with E-state index in [0.29, 0.717) is 0 Å². The maximum absolute atomic E-state index is 2.62. The van der Waals surface area contributed by atoms with Crippen LogP contribution in [0.15, 0.2) is 24.3 Å². The molecule has 1 aliphatic carbocycles. The second-order valence-corrected chi connectivity index (χ2v) is 5.17. The first kappa shape index (κ1) is 11.7. The van der Waals surface area contributed by atoms with E-state index in [1.807, 2.05) is 0 Å². The van der Waals surface area contributed by atoms with Crippen LogP contribution in [0.5, 0.6) is 0 Å². The lowest BCUT2D eigenvalue weighted by molar-refractivity contribution is 0.255. The zero-order valence-corrected chi connectivity index (χ0v) is 10.6. The minimum atomic E-state index is 0.997. The van der Waals surface area contributed by atoms with Gasteiger partial charge in [-0.2, -0.15) is 0 Å². The van der Waals surface area contributed by atoms with Crippen molar-refractivity contribution in [3.63, 3.8) is 0 Å². The third kappa shape index (κ3) is 3.64. The molecule has 1 nitrogen and oxygen atoms in total. The summed E-state index contributed by atoms with van der Waals surface area (Å²) in [6.45, 7) is 8.13. The molecule has 0 aliphatic heterocycles. The Bertz CT molecular complexity index is 328. The lowest BCUT2D eigenvalue weighted by atomic mass is 10.1. The largest absolute Gasteiger partial charge is 0.299 e. The van der Waals surface area contributed by atoms with Crippen molar-refractivity contribution >= 4 is 0 Å². The van der Waals surface area contributed by atoms with Gasteiger partial charge in [-0.25, -0.2) is 0 Å². The number of aryl methyl sites for hydroxylation is 1. The van der Waals surface area contributed by atoms with Crippen molar-refractivity contribution in [3.05, 3.63) is 35.4 Å². The minimum absolute atomic E-state index is 0.997. The molecule has 16 heavy (non-hydrogen) atoms. The Morgan fingerprint density at radius 3 is 2.75 bits per heavy atom. The third-order valence-corrected chi connectivity index (χ3v) is 3.24. The quantitative estimate of drug-likeness (QED) is 0.703. The second-order valence-electron chi connectivity index (χ2n) is 5.17. The van der Waals surface area contributed by atoms with Crippen LogP contribution in [0, 0.1) is 12.8 Å². The van der Waals surface area contributed by atoms with Crippen LogP contribution in [-0.2, 0) is 6.54 Å². The minimum Gasteiger partial charge on any atom is -0.299 e. The monoisotopic (exact) mass is 217 g/mol. The number of hydrogen-bond acceptors (Lipinski definition) is 1. The van der Waals surface area contributed by atoms with Crippen molar-refractivity contribution < 1.29 is 0 Å². The standard InChI is InChI=1S/C15H23N/c1-3-9-16(11-14-7-8-14)12-15-6-4-5-13(2)10-15/h4-6,10,14H,3,7-9,11-12H2,1-2H3. The molecule has 1 saturated carbocycles. The van der Waals surface area contributed by atoms with Crippen molar-refractivity contribution in [2.24, 2.45) is 5.92 Å². The molecule has 1 aromatic carbocycles. The lowest BCUT2D eigenvalue weighted by Gasteiger charge is -2.21. The molecule has 0 atom stereocenters. The molecule has 0 unspecified atom stereocenters. The Morgan fingerprint density at radius 1 is 1.31 bits per heavy atom. The van der Waals surface area contributed by atoms with Gasteiger partial charge < -0.3 is 0 Å². The van der Waals surface area contributed by atoms with E-state index in [1.165, 1.54) is 43.5 Å². The molecule has 88 valence electrons. The average Bonchev–Trinajstić information content (AvgIpc) is 3.02. The van der Waals surface area contributed by atoms with E-state index in [9.17, 15) is 0 Å². The van der Waals surface area contributed by atoms with E-state index >= 15 is 0 Å². The molecular weight excluding hydrogens is 194 g/mol. The maximum atomic E-state index is 2.62. The summed E-state index contributed by atoms with van der Waals surface area (Å²) in [5.41, 5.74) is 2.84. The summed E-state index contributed by atoms with van der Waals surface area (Å²) in [4.78, 5) is 2.62. The third-order valence-electron chi connectivity index (χ3n) is 3.24. The van der Waals surface area contributed by atoms with Crippen LogP contribution in [-0.4, -0.2) is 18.0 Å². The van der Waals surface area contributed by atoms with E-state index in [0.717, 1.165) is 12.5 Å². The summed E-state index contributed by atoms with van der Waals surface area (Å²) in [7, 11) is 0. The summed E-state index contributed by atoms with van der Waals surface area (Å²) in [5, 5.41) is 0. The van der Waals surface area contributed by atoms with Gasteiger partial charge in [0.25, 0.3) is 0 Å². The molecule has 1 aliphatic rings. The van der Waals surface area contributed by atoms with Crippen molar-refractivity contribution in [1.29, 1.82) is 0 Å². The smallest absolute Gasteiger partial charge is 0.0233 e. The molecule has 0 N–H and O–H groups in total. The van der Waals surface area contributed by atoms with Gasteiger partial charge >= 0.3 is 0 Å². The van der Waals surface area contributed by atoms with Crippen LogP contribution in [0.3, 0.4) is 0 Å². The molecule has 0 saturated heterocycles. The summed E-state index contributed by atoms with van der Waals surface area (Å²) in [6, 6.07) is 8.92. The van der Waals surface area contributed by atoms with E-state index in [1.54, 1.807) is 0 Å². The lowest BCUT2D eigenvalue weighted by Crippen LogP contribution is -2.26. The molecule has 1 heteroatoms. The number of hydrogen-bond donors (Lipinski definition) is 0. The average molecular weight is 217 g/mol. The van der Waals surface area contributed by atoms with Gasteiger partial charge in [0.15, 0.2) is 0 Å². The Labute approximate surface area is 99.5 Å². The van der Waals surface area contributed by atoms with Gasteiger partial charge in [-0.3, -0.25) is 4.90 Å². The molecule has 0 spiro atoms.